The number of benzene rings is 3. The van der Waals surface area contributed by atoms with Crippen LogP contribution in [0.5, 0.6) is 0 Å². The average Bonchev–Trinajstić information content (AvgIpc) is 3.17. The molecule has 5 aromatic rings. The Hall–Kier alpha value is -4.68. The van der Waals surface area contributed by atoms with Crippen LogP contribution >= 0.6 is 0 Å². The number of hydrogen-bond donors (Lipinski definition) is 0. The lowest BCUT2D eigenvalue weighted by atomic mass is 10.0. The Bertz CT molecular complexity index is 1730. The van der Waals surface area contributed by atoms with Crippen molar-refractivity contribution >= 4 is 64.2 Å². The average molecular weight is 510 g/mol. The fraction of sp³-hybridized carbons (Fsp3) is 0.0625. The molecule has 0 fully saturated rings. The molecule has 0 bridgehead atoms. The van der Waals surface area contributed by atoms with Crippen LogP contribution < -0.4 is 15.3 Å². The number of allylic oxidation sites excluding steroid dienone is 1. The van der Waals surface area contributed by atoms with Crippen molar-refractivity contribution in [1.29, 1.82) is 0 Å². The number of nitrogens with zero attached hydrogens (tertiary/aromatic N) is 3. The van der Waals surface area contributed by atoms with Gasteiger partial charge in [0, 0.05) is 29.2 Å². The van der Waals surface area contributed by atoms with Crippen molar-refractivity contribution in [2.45, 2.75) is 13.1 Å². The maximum atomic E-state index is 13.2. The smallest absolute Gasteiger partial charge is 0.197 e. The van der Waals surface area contributed by atoms with Crippen molar-refractivity contribution in [3.8, 4) is 0 Å². The van der Waals surface area contributed by atoms with Crippen LogP contribution in [0.4, 0.5) is 17.3 Å². The largest absolute Gasteiger partial charge is 0.288 e. The molecule has 182 valence electrons. The van der Waals surface area contributed by atoms with Gasteiger partial charge < -0.3 is 0 Å². The van der Waals surface area contributed by atoms with E-state index < -0.39 is 8.07 Å². The predicted octanol–water partition coefficient (Wildman–Crippen LogP) is 5.70. The minimum Gasteiger partial charge on any atom is -0.288 e. The van der Waals surface area contributed by atoms with Gasteiger partial charge in [-0.2, -0.15) is 0 Å². The summed E-state index contributed by atoms with van der Waals surface area (Å²) in [6, 6.07) is 27.9. The van der Waals surface area contributed by atoms with E-state index in [2.05, 4.69) is 42.3 Å². The van der Waals surface area contributed by atoms with E-state index >= 15 is 0 Å². The molecule has 3 aromatic carbocycles. The van der Waals surface area contributed by atoms with E-state index in [0.717, 1.165) is 28.1 Å². The molecular formula is C32H23N3O2Si. The molecule has 0 spiro atoms. The number of carbonyl (C=O) groups excluding carboxylic acids is 2. The van der Waals surface area contributed by atoms with Crippen LogP contribution in [0.1, 0.15) is 26.3 Å². The summed E-state index contributed by atoms with van der Waals surface area (Å²) >= 11 is 0. The van der Waals surface area contributed by atoms with Crippen molar-refractivity contribution in [3.63, 3.8) is 0 Å². The number of Topliss-reactive ketones (excluding diaryl/α,β-unsaturated/α-hetero) is 2. The van der Waals surface area contributed by atoms with E-state index in [0.29, 0.717) is 16.7 Å². The third-order valence-corrected chi connectivity index (χ3v) is 11.2. The Kier molecular flexibility index (Phi) is 4.83. The van der Waals surface area contributed by atoms with Gasteiger partial charge in [-0.15, -0.1) is 0 Å². The van der Waals surface area contributed by atoms with Crippen molar-refractivity contribution in [3.05, 3.63) is 120 Å². The highest BCUT2D eigenvalue weighted by molar-refractivity contribution is 7.02. The molecule has 0 radical (unpaired) electrons. The van der Waals surface area contributed by atoms with Crippen molar-refractivity contribution in [2.24, 2.45) is 0 Å². The Morgan fingerprint density at radius 3 is 2.08 bits per heavy atom. The minimum absolute atomic E-state index is 0.174. The fourth-order valence-electron chi connectivity index (χ4n) is 5.67. The molecule has 3 heterocycles. The number of anilines is 3. The number of hydrogen-bond acceptors (Lipinski definition) is 5. The van der Waals surface area contributed by atoms with Crippen molar-refractivity contribution in [1.82, 2.24) is 9.97 Å². The van der Waals surface area contributed by atoms with E-state index in [9.17, 15) is 9.59 Å². The number of pyridine rings is 2. The molecule has 5 nitrogen and oxygen atoms in total. The molecule has 0 amide bonds. The molecule has 0 unspecified atom stereocenters. The Balaban J connectivity index is 1.28. The highest BCUT2D eigenvalue weighted by atomic mass is 28.3. The third-order valence-electron chi connectivity index (χ3n) is 7.67. The Morgan fingerprint density at radius 2 is 1.39 bits per heavy atom. The first-order valence-corrected chi connectivity index (χ1v) is 15.6. The second-order valence-electron chi connectivity index (χ2n) is 10.3. The summed E-state index contributed by atoms with van der Waals surface area (Å²) < 4.78 is 0. The normalized spacial score (nSPS) is 15.3. The topological polar surface area (TPSA) is 63.2 Å². The zero-order valence-corrected chi connectivity index (χ0v) is 22.0. The first kappa shape index (κ1) is 22.5. The van der Waals surface area contributed by atoms with Gasteiger partial charge in [-0.25, -0.2) is 9.97 Å². The highest BCUT2D eigenvalue weighted by Gasteiger charge is 2.39. The molecule has 1 aliphatic carbocycles. The minimum atomic E-state index is -1.92. The molecule has 1 aliphatic heterocycles. The number of fused-ring (bicyclic) bond motifs is 4. The van der Waals surface area contributed by atoms with Crippen LogP contribution in [-0.4, -0.2) is 29.6 Å². The molecule has 6 heteroatoms. The zero-order chi connectivity index (χ0) is 26.0. The Labute approximate surface area is 221 Å². The number of carbonyl (C=O) groups is 2. The molecule has 0 saturated carbocycles. The van der Waals surface area contributed by atoms with Crippen LogP contribution in [0.15, 0.2) is 103 Å². The van der Waals surface area contributed by atoms with Gasteiger partial charge in [-0.3, -0.25) is 14.5 Å². The Morgan fingerprint density at radius 1 is 0.737 bits per heavy atom. The van der Waals surface area contributed by atoms with Gasteiger partial charge in [0.2, 0.25) is 0 Å². The molecule has 0 N–H and O–H groups in total. The fourth-order valence-corrected chi connectivity index (χ4v) is 8.56. The molecule has 2 aromatic heterocycles. The SMILES string of the molecule is C[Si]1(C)c2ccccc2N(c2ccc(C=C3C(=O)c4cc5ccccc5cc4C3=O)cn2)c2ncccc21. The van der Waals surface area contributed by atoms with Crippen LogP contribution in [-0.2, 0) is 0 Å². The standard InChI is InChI=1S/C32H23N3O2Si/c1-38(2)27-11-6-5-10-26(27)35(32-28(38)12-7-15-33-32)29-14-13-20(19-34-29)16-25-30(36)23-17-21-8-3-4-9-22(21)18-24(23)31(25)37/h3-19H,1-2H3. The first-order chi connectivity index (χ1) is 18.4. The van der Waals surface area contributed by atoms with Gasteiger partial charge in [0.1, 0.15) is 19.7 Å². The van der Waals surface area contributed by atoms with Gasteiger partial charge in [-0.05, 0) is 69.2 Å². The number of rotatable bonds is 2. The van der Waals surface area contributed by atoms with E-state index in [-0.39, 0.29) is 17.1 Å². The van der Waals surface area contributed by atoms with Gasteiger partial charge in [0.15, 0.2) is 11.6 Å². The summed E-state index contributed by atoms with van der Waals surface area (Å²) in [4.78, 5) is 38.0. The van der Waals surface area contributed by atoms with Crippen LogP contribution in [0.3, 0.4) is 0 Å². The number of para-hydroxylation sites is 1. The predicted molar refractivity (Wildman–Crippen MR) is 154 cm³/mol. The van der Waals surface area contributed by atoms with Crippen LogP contribution in [0.25, 0.3) is 16.8 Å². The first-order valence-electron chi connectivity index (χ1n) is 12.6. The lowest BCUT2D eigenvalue weighted by Gasteiger charge is -2.39. The van der Waals surface area contributed by atoms with E-state index in [4.69, 9.17) is 9.97 Å². The summed E-state index contributed by atoms with van der Waals surface area (Å²) in [6.07, 6.45) is 5.19. The zero-order valence-electron chi connectivity index (χ0n) is 21.0. The molecule has 2 aliphatic rings. The quantitative estimate of drug-likeness (QED) is 0.174. The second kappa shape index (κ2) is 8.16. The third kappa shape index (κ3) is 3.24. The molecular weight excluding hydrogens is 486 g/mol. The van der Waals surface area contributed by atoms with E-state index in [1.165, 1.54) is 10.4 Å². The lowest BCUT2D eigenvalue weighted by Crippen LogP contribution is -2.58. The summed E-state index contributed by atoms with van der Waals surface area (Å²) in [7, 11) is -1.92. The summed E-state index contributed by atoms with van der Waals surface area (Å²) in [5, 5.41) is 4.49. The maximum absolute atomic E-state index is 13.2. The van der Waals surface area contributed by atoms with Crippen molar-refractivity contribution < 1.29 is 9.59 Å². The van der Waals surface area contributed by atoms with Gasteiger partial charge in [-0.1, -0.05) is 61.6 Å². The molecule has 0 saturated heterocycles. The van der Waals surface area contributed by atoms with Crippen molar-refractivity contribution in [2.75, 3.05) is 4.90 Å². The lowest BCUT2D eigenvalue weighted by molar-refractivity contribution is 0.0990. The monoisotopic (exact) mass is 509 g/mol. The van der Waals surface area contributed by atoms with Gasteiger partial charge >= 0.3 is 0 Å². The number of aromatic nitrogens is 2. The summed E-state index contributed by atoms with van der Waals surface area (Å²) in [6.45, 7) is 4.70. The van der Waals surface area contributed by atoms with Crippen LogP contribution in [0, 0.1) is 0 Å². The molecule has 0 atom stereocenters. The van der Waals surface area contributed by atoms with E-state index in [1.54, 1.807) is 12.3 Å². The molecule has 7 rings (SSSR count). The van der Waals surface area contributed by atoms with Gasteiger partial charge in [0.05, 0.1) is 5.57 Å². The highest BCUT2D eigenvalue weighted by Crippen LogP contribution is 2.36. The van der Waals surface area contributed by atoms with Gasteiger partial charge in [0.25, 0.3) is 0 Å². The molecule has 38 heavy (non-hydrogen) atoms. The second-order valence-corrected chi connectivity index (χ2v) is 14.6. The summed E-state index contributed by atoms with van der Waals surface area (Å²) in [5.41, 5.74) is 2.89. The summed E-state index contributed by atoms with van der Waals surface area (Å²) in [5.74, 6) is 1.16. The number of ketones is 2. The van der Waals surface area contributed by atoms with Crippen LogP contribution in [0.2, 0.25) is 13.1 Å². The maximum Gasteiger partial charge on any atom is 0.197 e. The van der Waals surface area contributed by atoms with E-state index in [1.807, 2.05) is 66.9 Å².